The number of rotatable bonds is 2. The van der Waals surface area contributed by atoms with E-state index in [1.165, 1.54) is 16.8 Å². The van der Waals surface area contributed by atoms with Crippen LogP contribution in [0.3, 0.4) is 0 Å². The summed E-state index contributed by atoms with van der Waals surface area (Å²) in [5.74, 6) is 2.17. The molecule has 2 atom stereocenters. The molecule has 1 aliphatic rings. The van der Waals surface area contributed by atoms with Crippen molar-refractivity contribution in [2.24, 2.45) is 4.99 Å². The number of hydrogen-bond donors (Lipinski definition) is 0. The van der Waals surface area contributed by atoms with Gasteiger partial charge in [0.15, 0.2) is 5.92 Å². The van der Waals surface area contributed by atoms with E-state index < -0.39 is 0 Å². The molecule has 2 aromatic rings. The maximum atomic E-state index is 4.68. The molecule has 0 bridgehead atoms. The number of aliphatic imine (C=N–C) groups is 1. The van der Waals surface area contributed by atoms with Crippen molar-refractivity contribution < 1.29 is 0 Å². The molecule has 0 radical (unpaired) electrons. The Bertz CT molecular complexity index is 614. The zero-order valence-corrected chi connectivity index (χ0v) is 11.9. The molecule has 0 saturated carbocycles. The lowest BCUT2D eigenvalue weighted by Crippen LogP contribution is -2.10. The van der Waals surface area contributed by atoms with Crippen LogP contribution in [0.2, 0.25) is 0 Å². The second kappa shape index (κ2) is 5.50. The summed E-state index contributed by atoms with van der Waals surface area (Å²) in [6, 6.07) is 21.3. The molecule has 1 nitrogen and oxygen atoms in total. The Kier molecular flexibility index (Phi) is 3.57. The van der Waals surface area contributed by atoms with Crippen molar-refractivity contribution in [3.63, 3.8) is 0 Å². The second-order valence-electron chi connectivity index (χ2n) is 4.85. The van der Waals surface area contributed by atoms with Crippen LogP contribution in [0.25, 0.3) is 0 Å². The fourth-order valence-electron chi connectivity index (χ4n) is 2.47. The lowest BCUT2D eigenvalue weighted by molar-refractivity contribution is 0.993. The van der Waals surface area contributed by atoms with Crippen molar-refractivity contribution in [3.8, 4) is 0 Å². The largest absolute Gasteiger partial charge is 0.218 e. The van der Waals surface area contributed by atoms with E-state index in [-0.39, 0.29) is 7.55 Å². The molecule has 0 aromatic heterocycles. The molecule has 2 unspecified atom stereocenters. The molecular weight excluding hydrogens is 249 g/mol. The summed E-state index contributed by atoms with van der Waals surface area (Å²) in [5, 5.41) is 0. The van der Waals surface area contributed by atoms with Gasteiger partial charge in [-0.2, -0.15) is 0 Å². The third-order valence-electron chi connectivity index (χ3n) is 3.57. The summed E-state index contributed by atoms with van der Waals surface area (Å²) in [7, 11) is -0.161. The summed E-state index contributed by atoms with van der Waals surface area (Å²) >= 11 is 0. The third-order valence-corrected chi connectivity index (χ3v) is 5.51. The van der Waals surface area contributed by atoms with Gasteiger partial charge >= 0.3 is 0 Å². The average molecular weight is 266 g/mol. The predicted molar refractivity (Wildman–Crippen MR) is 85.7 cm³/mol. The van der Waals surface area contributed by atoms with Crippen LogP contribution in [0.1, 0.15) is 23.2 Å². The van der Waals surface area contributed by atoms with E-state index in [4.69, 9.17) is 0 Å². The molecule has 2 heteroatoms. The zero-order chi connectivity index (χ0) is 13.1. The van der Waals surface area contributed by atoms with Crippen molar-refractivity contribution in [2.75, 3.05) is 6.66 Å². The Morgan fingerprint density at radius 3 is 2.26 bits per heavy atom. The molecule has 0 N–H and O–H groups in total. The standard InChI is InChI=1S/C17H17NP/c1-19-13-18-16(14-8-4-2-5-9-14)12-17(19)15-10-6-3-7-11-15/h2-11,13,17H,12H2,1H3/q+1. The molecule has 2 aromatic carbocycles. The average Bonchev–Trinajstić information content (AvgIpc) is 2.49. The highest BCUT2D eigenvalue weighted by molar-refractivity contribution is 7.57. The van der Waals surface area contributed by atoms with Crippen molar-refractivity contribution >= 4 is 19.2 Å². The van der Waals surface area contributed by atoms with Crippen LogP contribution >= 0.6 is 7.55 Å². The van der Waals surface area contributed by atoms with Gasteiger partial charge < -0.3 is 0 Å². The first-order chi connectivity index (χ1) is 9.34. The first-order valence-corrected chi connectivity index (χ1v) is 8.49. The van der Waals surface area contributed by atoms with E-state index in [0.29, 0.717) is 5.66 Å². The van der Waals surface area contributed by atoms with Crippen LogP contribution in [0.5, 0.6) is 0 Å². The number of benzene rings is 2. The van der Waals surface area contributed by atoms with Crippen molar-refractivity contribution in [3.05, 3.63) is 71.8 Å². The Hall–Kier alpha value is -1.72. The lowest BCUT2D eigenvalue weighted by atomic mass is 10.0. The maximum Gasteiger partial charge on any atom is 0.197 e. The van der Waals surface area contributed by atoms with Gasteiger partial charge in [0, 0.05) is 6.42 Å². The van der Waals surface area contributed by atoms with Crippen molar-refractivity contribution in [1.82, 2.24) is 0 Å². The molecule has 94 valence electrons. The fourth-order valence-corrected chi connectivity index (χ4v) is 4.06. The summed E-state index contributed by atoms with van der Waals surface area (Å²) < 4.78 is 0. The molecule has 19 heavy (non-hydrogen) atoms. The second-order valence-corrected chi connectivity index (χ2v) is 7.04. The van der Waals surface area contributed by atoms with Gasteiger partial charge in [-0.15, -0.1) is 0 Å². The van der Waals surface area contributed by atoms with Gasteiger partial charge in [-0.05, 0) is 11.1 Å². The van der Waals surface area contributed by atoms with Gasteiger partial charge in [-0.25, -0.2) is 4.99 Å². The van der Waals surface area contributed by atoms with Crippen LogP contribution in [0.4, 0.5) is 0 Å². The van der Waals surface area contributed by atoms with Gasteiger partial charge in [0.2, 0.25) is 0 Å². The van der Waals surface area contributed by atoms with E-state index >= 15 is 0 Å². The number of hydrogen-bond acceptors (Lipinski definition) is 1. The van der Waals surface area contributed by atoms with Gasteiger partial charge in [0.1, 0.15) is 13.2 Å². The molecule has 0 saturated heterocycles. The first kappa shape index (κ1) is 12.3. The SMILES string of the molecule is C[P+]1=CN=C(c2ccccc2)CC1c1ccccc1. The van der Waals surface area contributed by atoms with Gasteiger partial charge in [-0.3, -0.25) is 0 Å². The minimum atomic E-state index is -0.161. The minimum absolute atomic E-state index is 0.161. The van der Waals surface area contributed by atoms with Crippen LogP contribution in [0, 0.1) is 0 Å². The normalized spacial score (nSPS) is 20.6. The highest BCUT2D eigenvalue weighted by Crippen LogP contribution is 2.44. The topological polar surface area (TPSA) is 12.4 Å². The Morgan fingerprint density at radius 2 is 1.58 bits per heavy atom. The van der Waals surface area contributed by atoms with Crippen LogP contribution in [0.15, 0.2) is 65.7 Å². The molecular formula is C17H17NP+. The molecule has 0 spiro atoms. The monoisotopic (exact) mass is 266 g/mol. The quantitative estimate of drug-likeness (QED) is 0.710. The summed E-state index contributed by atoms with van der Waals surface area (Å²) in [5.41, 5.74) is 4.51. The molecule has 1 aliphatic heterocycles. The molecule has 0 aliphatic carbocycles. The minimum Gasteiger partial charge on any atom is -0.218 e. The van der Waals surface area contributed by atoms with Crippen molar-refractivity contribution in [2.45, 2.75) is 12.1 Å². The van der Waals surface area contributed by atoms with E-state index in [2.05, 4.69) is 78.2 Å². The van der Waals surface area contributed by atoms with E-state index in [1.807, 2.05) is 0 Å². The maximum absolute atomic E-state index is 4.68. The van der Waals surface area contributed by atoms with Crippen LogP contribution in [-0.2, 0) is 0 Å². The first-order valence-electron chi connectivity index (χ1n) is 6.57. The third kappa shape index (κ3) is 2.67. The molecule has 3 rings (SSSR count). The van der Waals surface area contributed by atoms with Gasteiger partial charge in [0.05, 0.1) is 12.4 Å². The Labute approximate surface area is 115 Å². The summed E-state index contributed by atoms with van der Waals surface area (Å²) in [6.45, 7) is 2.32. The Balaban J connectivity index is 1.92. The van der Waals surface area contributed by atoms with Crippen molar-refractivity contribution in [1.29, 1.82) is 0 Å². The highest BCUT2D eigenvalue weighted by Gasteiger charge is 2.28. The summed E-state index contributed by atoms with van der Waals surface area (Å²) in [6.07, 6.45) is 1.05. The van der Waals surface area contributed by atoms with Gasteiger partial charge in [0.25, 0.3) is 0 Å². The molecule has 0 amide bonds. The Morgan fingerprint density at radius 1 is 0.947 bits per heavy atom. The fraction of sp³-hybridized carbons (Fsp3) is 0.176. The van der Waals surface area contributed by atoms with Gasteiger partial charge in [-0.1, -0.05) is 60.7 Å². The van der Waals surface area contributed by atoms with Crippen LogP contribution in [-0.4, -0.2) is 18.3 Å². The molecule has 1 heterocycles. The van der Waals surface area contributed by atoms with E-state index in [9.17, 15) is 0 Å². The summed E-state index contributed by atoms with van der Waals surface area (Å²) in [4.78, 5) is 4.68. The number of nitrogens with zero attached hydrogens (tertiary/aromatic N) is 1. The zero-order valence-electron chi connectivity index (χ0n) is 11.0. The van der Waals surface area contributed by atoms with E-state index in [0.717, 1.165) is 6.42 Å². The van der Waals surface area contributed by atoms with Crippen LogP contribution < -0.4 is 0 Å². The predicted octanol–water partition coefficient (Wildman–Crippen LogP) is 4.49. The lowest BCUT2D eigenvalue weighted by Gasteiger charge is -2.15. The van der Waals surface area contributed by atoms with E-state index in [1.54, 1.807) is 0 Å². The highest BCUT2D eigenvalue weighted by atomic mass is 31.1. The molecule has 0 fully saturated rings. The smallest absolute Gasteiger partial charge is 0.197 e.